The number of aryl methyl sites for hydroxylation is 2. The SMILES string of the molecule is Cc1ccc(NC(=O)CN2C(=O)N[C@]3(CCCC[C@H]3C)C2=O)cc1C. The molecular weight excluding hydrogens is 318 g/mol. The molecule has 2 atom stereocenters. The molecule has 6 nitrogen and oxygen atoms in total. The van der Waals surface area contributed by atoms with Crippen molar-refractivity contribution in [2.24, 2.45) is 5.92 Å². The molecule has 0 bridgehead atoms. The lowest BCUT2D eigenvalue weighted by atomic mass is 9.73. The molecule has 0 radical (unpaired) electrons. The maximum Gasteiger partial charge on any atom is 0.325 e. The Morgan fingerprint density at radius 1 is 1.28 bits per heavy atom. The molecule has 6 heteroatoms. The van der Waals surface area contributed by atoms with Crippen LogP contribution in [0.25, 0.3) is 0 Å². The van der Waals surface area contributed by atoms with Crippen LogP contribution >= 0.6 is 0 Å². The summed E-state index contributed by atoms with van der Waals surface area (Å²) < 4.78 is 0. The number of hydrogen-bond donors (Lipinski definition) is 2. The minimum Gasteiger partial charge on any atom is -0.325 e. The number of hydrogen-bond acceptors (Lipinski definition) is 3. The molecule has 1 aromatic carbocycles. The molecule has 2 fully saturated rings. The maximum atomic E-state index is 12.9. The van der Waals surface area contributed by atoms with Crippen LogP contribution in [0.4, 0.5) is 10.5 Å². The zero-order valence-electron chi connectivity index (χ0n) is 15.0. The first kappa shape index (κ1) is 17.5. The normalized spacial score (nSPS) is 26.0. The van der Waals surface area contributed by atoms with E-state index in [1.54, 1.807) is 0 Å². The van der Waals surface area contributed by atoms with E-state index in [4.69, 9.17) is 0 Å². The molecule has 25 heavy (non-hydrogen) atoms. The van der Waals surface area contributed by atoms with Crippen molar-refractivity contribution in [3.63, 3.8) is 0 Å². The van der Waals surface area contributed by atoms with Gasteiger partial charge in [-0.3, -0.25) is 14.5 Å². The first-order valence-corrected chi connectivity index (χ1v) is 8.85. The number of imide groups is 1. The molecule has 0 unspecified atom stereocenters. The van der Waals surface area contributed by atoms with Crippen LogP contribution in [0.1, 0.15) is 43.7 Å². The Bertz CT molecular complexity index is 731. The lowest BCUT2D eigenvalue weighted by Gasteiger charge is -2.36. The van der Waals surface area contributed by atoms with Crippen LogP contribution in [0.2, 0.25) is 0 Å². The zero-order chi connectivity index (χ0) is 18.2. The summed E-state index contributed by atoms with van der Waals surface area (Å²) in [7, 11) is 0. The molecule has 1 aliphatic heterocycles. The van der Waals surface area contributed by atoms with E-state index in [0.717, 1.165) is 35.3 Å². The number of anilines is 1. The minimum absolute atomic E-state index is 0.0884. The highest BCUT2D eigenvalue weighted by molar-refractivity contribution is 6.10. The summed E-state index contributed by atoms with van der Waals surface area (Å²) in [4.78, 5) is 38.5. The zero-order valence-corrected chi connectivity index (χ0v) is 15.0. The molecule has 1 heterocycles. The number of carbonyl (C=O) groups is 3. The molecular formula is C19H25N3O3. The molecule has 4 amide bonds. The minimum atomic E-state index is -0.823. The first-order valence-electron chi connectivity index (χ1n) is 8.85. The number of nitrogens with zero attached hydrogens (tertiary/aromatic N) is 1. The van der Waals surface area contributed by atoms with Crippen molar-refractivity contribution >= 4 is 23.5 Å². The van der Waals surface area contributed by atoms with Crippen molar-refractivity contribution in [1.29, 1.82) is 0 Å². The van der Waals surface area contributed by atoms with Crippen molar-refractivity contribution in [3.05, 3.63) is 29.3 Å². The molecule has 134 valence electrons. The van der Waals surface area contributed by atoms with Crippen LogP contribution in [-0.2, 0) is 9.59 Å². The lowest BCUT2D eigenvalue weighted by Crippen LogP contribution is -2.54. The molecule has 3 rings (SSSR count). The molecule has 1 saturated carbocycles. The van der Waals surface area contributed by atoms with Gasteiger partial charge in [0.05, 0.1) is 0 Å². The average molecular weight is 343 g/mol. The second-order valence-electron chi connectivity index (χ2n) is 7.29. The van der Waals surface area contributed by atoms with Crippen LogP contribution in [-0.4, -0.2) is 34.8 Å². The third-order valence-corrected chi connectivity index (χ3v) is 5.59. The van der Waals surface area contributed by atoms with E-state index in [1.807, 2.05) is 39.0 Å². The van der Waals surface area contributed by atoms with E-state index in [9.17, 15) is 14.4 Å². The van der Waals surface area contributed by atoms with Gasteiger partial charge in [0.1, 0.15) is 12.1 Å². The standard InChI is InChI=1S/C19H25N3O3/c1-12-7-8-15(10-13(12)2)20-16(23)11-22-17(24)19(21-18(22)25)9-5-4-6-14(19)3/h7-8,10,14H,4-6,9,11H2,1-3H3,(H,20,23)(H,21,25)/t14-,19+/m1/s1. The quantitative estimate of drug-likeness (QED) is 0.828. The number of rotatable bonds is 3. The molecule has 1 spiro atoms. The Hall–Kier alpha value is -2.37. The van der Waals surface area contributed by atoms with Crippen molar-refractivity contribution in [2.75, 3.05) is 11.9 Å². The van der Waals surface area contributed by atoms with Crippen LogP contribution < -0.4 is 10.6 Å². The van der Waals surface area contributed by atoms with Gasteiger partial charge in [0.2, 0.25) is 5.91 Å². The second kappa shape index (κ2) is 6.50. The number of urea groups is 1. The summed E-state index contributed by atoms with van der Waals surface area (Å²) in [6.07, 6.45) is 3.54. The van der Waals surface area contributed by atoms with Gasteiger partial charge in [-0.15, -0.1) is 0 Å². The van der Waals surface area contributed by atoms with E-state index >= 15 is 0 Å². The molecule has 2 aliphatic rings. The predicted molar refractivity (Wildman–Crippen MR) is 95.2 cm³/mol. The fourth-order valence-electron chi connectivity index (χ4n) is 3.80. The molecule has 1 aliphatic carbocycles. The number of nitrogens with one attached hydrogen (secondary N) is 2. The van der Waals surface area contributed by atoms with Gasteiger partial charge in [-0.1, -0.05) is 25.8 Å². The van der Waals surface area contributed by atoms with Crippen LogP contribution in [0, 0.1) is 19.8 Å². The Labute approximate surface area is 148 Å². The molecule has 2 N–H and O–H groups in total. The van der Waals surface area contributed by atoms with Gasteiger partial charge < -0.3 is 10.6 Å². The topological polar surface area (TPSA) is 78.5 Å². The third kappa shape index (κ3) is 3.13. The van der Waals surface area contributed by atoms with Gasteiger partial charge in [0, 0.05) is 5.69 Å². The van der Waals surface area contributed by atoms with E-state index in [2.05, 4.69) is 10.6 Å². The van der Waals surface area contributed by atoms with E-state index < -0.39 is 11.6 Å². The predicted octanol–water partition coefficient (Wildman–Crippen LogP) is 2.74. The highest BCUT2D eigenvalue weighted by Gasteiger charge is 2.55. The third-order valence-electron chi connectivity index (χ3n) is 5.59. The van der Waals surface area contributed by atoms with Gasteiger partial charge in [-0.25, -0.2) is 4.79 Å². The number of benzene rings is 1. The monoisotopic (exact) mass is 343 g/mol. The fourth-order valence-corrected chi connectivity index (χ4v) is 3.80. The van der Waals surface area contributed by atoms with Gasteiger partial charge >= 0.3 is 6.03 Å². The summed E-state index contributed by atoms with van der Waals surface area (Å²) in [5, 5.41) is 5.63. The summed E-state index contributed by atoms with van der Waals surface area (Å²) in [6, 6.07) is 5.16. The summed E-state index contributed by atoms with van der Waals surface area (Å²) in [5.74, 6) is -0.544. The fraction of sp³-hybridized carbons (Fsp3) is 0.526. The molecule has 1 aromatic rings. The van der Waals surface area contributed by atoms with Crippen molar-refractivity contribution in [2.45, 2.75) is 52.0 Å². The summed E-state index contributed by atoms with van der Waals surface area (Å²) in [5.41, 5.74) is 2.06. The molecule has 0 aromatic heterocycles. The second-order valence-corrected chi connectivity index (χ2v) is 7.29. The van der Waals surface area contributed by atoms with Crippen LogP contribution in [0.15, 0.2) is 18.2 Å². The summed E-state index contributed by atoms with van der Waals surface area (Å²) in [6.45, 7) is 5.71. The Balaban J connectivity index is 1.69. The van der Waals surface area contributed by atoms with Gasteiger partial charge in [-0.05, 0) is 55.9 Å². The van der Waals surface area contributed by atoms with E-state index in [1.165, 1.54) is 0 Å². The molecule has 1 saturated heterocycles. The van der Waals surface area contributed by atoms with Gasteiger partial charge in [-0.2, -0.15) is 0 Å². The number of carbonyl (C=O) groups excluding carboxylic acids is 3. The maximum absolute atomic E-state index is 12.9. The van der Waals surface area contributed by atoms with Crippen molar-refractivity contribution in [1.82, 2.24) is 10.2 Å². The lowest BCUT2D eigenvalue weighted by molar-refractivity contribution is -0.136. The van der Waals surface area contributed by atoms with Crippen LogP contribution in [0.3, 0.4) is 0 Å². The van der Waals surface area contributed by atoms with Gasteiger partial charge in [0.15, 0.2) is 0 Å². The Morgan fingerprint density at radius 3 is 2.72 bits per heavy atom. The van der Waals surface area contributed by atoms with E-state index in [0.29, 0.717) is 12.1 Å². The van der Waals surface area contributed by atoms with Crippen LogP contribution in [0.5, 0.6) is 0 Å². The van der Waals surface area contributed by atoms with Gasteiger partial charge in [0.25, 0.3) is 5.91 Å². The first-order chi connectivity index (χ1) is 11.8. The van der Waals surface area contributed by atoms with Crippen molar-refractivity contribution in [3.8, 4) is 0 Å². The Kier molecular flexibility index (Phi) is 4.54. The van der Waals surface area contributed by atoms with E-state index in [-0.39, 0.29) is 24.3 Å². The largest absolute Gasteiger partial charge is 0.325 e. The highest BCUT2D eigenvalue weighted by Crippen LogP contribution is 2.38. The number of amides is 4. The smallest absolute Gasteiger partial charge is 0.325 e. The highest BCUT2D eigenvalue weighted by atomic mass is 16.2. The Morgan fingerprint density at radius 2 is 2.04 bits per heavy atom. The average Bonchev–Trinajstić information content (AvgIpc) is 2.79. The summed E-state index contributed by atoms with van der Waals surface area (Å²) >= 11 is 0. The van der Waals surface area contributed by atoms with Crippen molar-refractivity contribution < 1.29 is 14.4 Å².